The Morgan fingerprint density at radius 1 is 1.20 bits per heavy atom. The van der Waals surface area contributed by atoms with E-state index in [4.69, 9.17) is 5.73 Å². The standard InChI is InChI=1S/C22H30F3N7O2S/c1-13-11-31(35(33,34)16-3-4-16)6-5-18(13)29-20-27-10-17(22(23,24)25)19(30-20)14-9-28-32(12-14)15-7-21(2,26)8-15/h9-10,12-13,15-16,18H,3-8,11,26H2,1-2H3,(H,27,29,30)/t13-,15-,18+,21+/m1/s1. The van der Waals surface area contributed by atoms with Gasteiger partial charge in [0, 0.05) is 42.6 Å². The summed E-state index contributed by atoms with van der Waals surface area (Å²) >= 11 is 0. The van der Waals surface area contributed by atoms with Gasteiger partial charge in [0.15, 0.2) is 0 Å². The SMILES string of the molecule is C[C@@H]1CN(S(=O)(=O)C2CC2)CC[C@@H]1Nc1ncc(C(F)(F)F)c(-c2cnn([C@H]3C[C@@](C)(N)C3)c2)n1. The Morgan fingerprint density at radius 3 is 2.51 bits per heavy atom. The van der Waals surface area contributed by atoms with Crippen molar-refractivity contribution in [2.75, 3.05) is 18.4 Å². The molecule has 192 valence electrons. The van der Waals surface area contributed by atoms with Crippen molar-refractivity contribution in [2.45, 2.75) is 75.0 Å². The summed E-state index contributed by atoms with van der Waals surface area (Å²) in [4.78, 5) is 8.17. The maximum Gasteiger partial charge on any atom is 0.419 e. The van der Waals surface area contributed by atoms with Crippen LogP contribution in [0.1, 0.15) is 57.6 Å². The number of nitrogens with one attached hydrogen (secondary N) is 1. The molecular weight excluding hydrogens is 483 g/mol. The zero-order valence-electron chi connectivity index (χ0n) is 19.7. The molecule has 1 aliphatic heterocycles. The van der Waals surface area contributed by atoms with Gasteiger partial charge in [0.25, 0.3) is 0 Å². The van der Waals surface area contributed by atoms with Gasteiger partial charge in [-0.2, -0.15) is 18.3 Å². The predicted molar refractivity (Wildman–Crippen MR) is 124 cm³/mol. The van der Waals surface area contributed by atoms with Crippen LogP contribution in [0.15, 0.2) is 18.6 Å². The first-order valence-corrected chi connectivity index (χ1v) is 13.4. The minimum atomic E-state index is -4.63. The van der Waals surface area contributed by atoms with E-state index >= 15 is 0 Å². The molecule has 2 saturated carbocycles. The Hall–Kier alpha value is -2.25. The van der Waals surface area contributed by atoms with Gasteiger partial charge < -0.3 is 11.1 Å². The van der Waals surface area contributed by atoms with Crippen LogP contribution in [0.5, 0.6) is 0 Å². The van der Waals surface area contributed by atoms with Crippen molar-refractivity contribution in [2.24, 2.45) is 11.7 Å². The van der Waals surface area contributed by atoms with Crippen molar-refractivity contribution in [3.05, 3.63) is 24.2 Å². The molecule has 2 aromatic rings. The first-order chi connectivity index (χ1) is 16.3. The van der Waals surface area contributed by atoms with E-state index in [0.29, 0.717) is 45.2 Å². The Bertz CT molecular complexity index is 1200. The van der Waals surface area contributed by atoms with E-state index < -0.39 is 21.8 Å². The molecular formula is C22H30F3N7O2S. The highest BCUT2D eigenvalue weighted by atomic mass is 32.2. The molecule has 9 nitrogen and oxygen atoms in total. The second-order valence-corrected chi connectivity index (χ2v) is 12.7. The second kappa shape index (κ2) is 8.41. The molecule has 3 N–H and O–H groups in total. The zero-order valence-corrected chi connectivity index (χ0v) is 20.5. The fourth-order valence-corrected chi connectivity index (χ4v) is 6.99. The van der Waals surface area contributed by atoms with Crippen LogP contribution < -0.4 is 11.1 Å². The normalized spacial score (nSPS) is 30.2. The number of nitrogens with zero attached hydrogens (tertiary/aromatic N) is 5. The molecule has 1 saturated heterocycles. The summed E-state index contributed by atoms with van der Waals surface area (Å²) in [5.41, 5.74) is 4.86. The molecule has 5 rings (SSSR count). The lowest BCUT2D eigenvalue weighted by atomic mass is 9.75. The number of alkyl halides is 3. The summed E-state index contributed by atoms with van der Waals surface area (Å²) in [6.45, 7) is 4.58. The first-order valence-electron chi connectivity index (χ1n) is 11.9. The van der Waals surface area contributed by atoms with Crippen LogP contribution in [0.2, 0.25) is 0 Å². The molecule has 0 aromatic carbocycles. The van der Waals surface area contributed by atoms with Crippen molar-refractivity contribution in [3.8, 4) is 11.3 Å². The highest BCUT2D eigenvalue weighted by Gasteiger charge is 2.43. The van der Waals surface area contributed by atoms with E-state index in [9.17, 15) is 21.6 Å². The number of hydrogen-bond acceptors (Lipinski definition) is 7. The average molecular weight is 514 g/mol. The van der Waals surface area contributed by atoms with E-state index in [0.717, 1.165) is 6.20 Å². The topological polar surface area (TPSA) is 119 Å². The lowest BCUT2D eigenvalue weighted by Gasteiger charge is -2.42. The van der Waals surface area contributed by atoms with Gasteiger partial charge in [-0.3, -0.25) is 4.68 Å². The molecule has 3 aliphatic rings. The summed E-state index contributed by atoms with van der Waals surface area (Å²) in [6.07, 6.45) is 2.46. The smallest absolute Gasteiger partial charge is 0.351 e. The molecule has 0 spiro atoms. The largest absolute Gasteiger partial charge is 0.419 e. The number of hydrogen-bond donors (Lipinski definition) is 2. The fraction of sp³-hybridized carbons (Fsp3) is 0.682. The van der Waals surface area contributed by atoms with Crippen molar-refractivity contribution >= 4 is 16.0 Å². The van der Waals surface area contributed by atoms with E-state index in [1.807, 2.05) is 13.8 Å². The minimum absolute atomic E-state index is 0.0467. The highest BCUT2D eigenvalue weighted by molar-refractivity contribution is 7.90. The molecule has 3 heterocycles. The van der Waals surface area contributed by atoms with E-state index in [1.54, 1.807) is 10.9 Å². The van der Waals surface area contributed by atoms with Crippen LogP contribution in [-0.4, -0.2) is 62.4 Å². The lowest BCUT2D eigenvalue weighted by Crippen LogP contribution is -2.49. The highest BCUT2D eigenvalue weighted by Crippen LogP contribution is 2.41. The quantitative estimate of drug-likeness (QED) is 0.609. The second-order valence-electron chi connectivity index (χ2n) is 10.5. The van der Waals surface area contributed by atoms with Gasteiger partial charge in [0.05, 0.1) is 23.2 Å². The molecule has 0 radical (unpaired) electrons. The Morgan fingerprint density at radius 2 is 1.91 bits per heavy atom. The van der Waals surface area contributed by atoms with Gasteiger partial charge in [0.2, 0.25) is 16.0 Å². The van der Waals surface area contributed by atoms with Gasteiger partial charge in [0.1, 0.15) is 5.56 Å². The monoisotopic (exact) mass is 513 g/mol. The van der Waals surface area contributed by atoms with Crippen LogP contribution in [-0.2, 0) is 16.2 Å². The molecule has 35 heavy (non-hydrogen) atoms. The molecule has 2 aromatic heterocycles. The maximum absolute atomic E-state index is 13.7. The van der Waals surface area contributed by atoms with Gasteiger partial charge in [-0.1, -0.05) is 6.92 Å². The van der Waals surface area contributed by atoms with Crippen molar-refractivity contribution in [1.29, 1.82) is 0 Å². The zero-order chi connectivity index (χ0) is 25.2. The molecule has 0 amide bonds. The Balaban J connectivity index is 1.35. The summed E-state index contributed by atoms with van der Waals surface area (Å²) < 4.78 is 69.6. The maximum atomic E-state index is 13.7. The van der Waals surface area contributed by atoms with Crippen molar-refractivity contribution in [3.63, 3.8) is 0 Å². The minimum Gasteiger partial charge on any atom is -0.351 e. The summed E-state index contributed by atoms with van der Waals surface area (Å²) in [6, 6.07) is -0.115. The number of piperidine rings is 1. The van der Waals surface area contributed by atoms with Crippen LogP contribution in [0.25, 0.3) is 11.3 Å². The van der Waals surface area contributed by atoms with Crippen LogP contribution in [0, 0.1) is 5.92 Å². The number of rotatable bonds is 6. The number of sulfonamides is 1. The van der Waals surface area contributed by atoms with E-state index in [1.165, 1.54) is 10.5 Å². The van der Waals surface area contributed by atoms with Crippen molar-refractivity contribution < 1.29 is 21.6 Å². The Kier molecular flexibility index (Phi) is 5.87. The number of nitrogens with two attached hydrogens (primary N) is 1. The molecule has 3 fully saturated rings. The van der Waals surface area contributed by atoms with Crippen molar-refractivity contribution in [1.82, 2.24) is 24.1 Å². The third-order valence-corrected chi connectivity index (χ3v) is 9.60. The predicted octanol–water partition coefficient (Wildman–Crippen LogP) is 3.03. The molecule has 13 heteroatoms. The third kappa shape index (κ3) is 4.90. The summed E-state index contributed by atoms with van der Waals surface area (Å²) in [7, 11) is -3.26. The summed E-state index contributed by atoms with van der Waals surface area (Å²) in [5.74, 6) is 0.0211. The molecule has 0 bridgehead atoms. The van der Waals surface area contributed by atoms with Crippen LogP contribution in [0.4, 0.5) is 19.1 Å². The number of halogens is 3. The number of aromatic nitrogens is 4. The van der Waals surface area contributed by atoms with E-state index in [-0.39, 0.29) is 46.0 Å². The number of anilines is 1. The Labute approximate surface area is 202 Å². The third-order valence-electron chi connectivity index (χ3n) is 7.24. The van der Waals surface area contributed by atoms with Crippen LogP contribution >= 0.6 is 0 Å². The summed E-state index contributed by atoms with van der Waals surface area (Å²) in [5, 5.41) is 7.14. The molecule has 2 atom stereocenters. The lowest BCUT2D eigenvalue weighted by molar-refractivity contribution is -0.137. The van der Waals surface area contributed by atoms with Gasteiger partial charge in [-0.15, -0.1) is 0 Å². The van der Waals surface area contributed by atoms with Crippen LogP contribution in [0.3, 0.4) is 0 Å². The van der Waals surface area contributed by atoms with E-state index in [2.05, 4.69) is 20.4 Å². The molecule has 0 unspecified atom stereocenters. The van der Waals surface area contributed by atoms with Gasteiger partial charge in [-0.25, -0.2) is 22.7 Å². The van der Waals surface area contributed by atoms with Gasteiger partial charge in [-0.05, 0) is 44.9 Å². The average Bonchev–Trinajstić information content (AvgIpc) is 3.51. The van der Waals surface area contributed by atoms with Gasteiger partial charge >= 0.3 is 6.18 Å². The fourth-order valence-electron chi connectivity index (χ4n) is 5.04. The first kappa shape index (κ1) is 24.4. The molecule has 2 aliphatic carbocycles.